The molecule has 2 aromatic rings. The molecule has 0 bridgehead atoms. The number of benzene rings is 1. The summed E-state index contributed by atoms with van der Waals surface area (Å²) in [6.45, 7) is 2.05. The highest BCUT2D eigenvalue weighted by molar-refractivity contribution is 9.10. The molecule has 0 amide bonds. The van der Waals surface area contributed by atoms with Gasteiger partial charge in [-0.3, -0.25) is 0 Å². The maximum Gasteiger partial charge on any atom is 0.144 e. The van der Waals surface area contributed by atoms with Crippen LogP contribution in [-0.4, -0.2) is 4.98 Å². The van der Waals surface area contributed by atoms with E-state index in [0.29, 0.717) is 5.02 Å². The molecule has 0 saturated carbocycles. The van der Waals surface area contributed by atoms with E-state index in [1.807, 2.05) is 18.2 Å². The van der Waals surface area contributed by atoms with Crippen LogP contribution in [0.3, 0.4) is 0 Å². The van der Waals surface area contributed by atoms with Gasteiger partial charge in [0.1, 0.15) is 5.82 Å². The monoisotopic (exact) mass is 296 g/mol. The zero-order chi connectivity index (χ0) is 11.5. The quantitative estimate of drug-likeness (QED) is 0.879. The minimum absolute atomic E-state index is 0.613. The third-order valence-corrected chi connectivity index (χ3v) is 2.90. The minimum Gasteiger partial charge on any atom is -0.339 e. The Bertz CT molecular complexity index is 514. The maximum atomic E-state index is 5.82. The fourth-order valence-corrected chi connectivity index (χ4v) is 2.10. The molecular weight excluding hydrogens is 288 g/mol. The van der Waals surface area contributed by atoms with Gasteiger partial charge in [0.05, 0.1) is 9.50 Å². The van der Waals surface area contributed by atoms with Gasteiger partial charge in [-0.2, -0.15) is 0 Å². The van der Waals surface area contributed by atoms with Crippen molar-refractivity contribution in [2.45, 2.75) is 6.92 Å². The van der Waals surface area contributed by atoms with Crippen LogP contribution in [0.25, 0.3) is 0 Å². The summed E-state index contributed by atoms with van der Waals surface area (Å²) in [7, 11) is 0. The molecule has 82 valence electrons. The van der Waals surface area contributed by atoms with Gasteiger partial charge in [0.25, 0.3) is 0 Å². The lowest BCUT2D eigenvalue weighted by Crippen LogP contribution is -1.94. The Morgan fingerprint density at radius 1 is 1.31 bits per heavy atom. The SMILES string of the molecule is Cc1cccc(Nc2ncc(Cl)cc2Br)c1. The second-order valence-corrected chi connectivity index (χ2v) is 4.77. The van der Waals surface area contributed by atoms with Crippen molar-refractivity contribution in [1.82, 2.24) is 4.98 Å². The summed E-state index contributed by atoms with van der Waals surface area (Å²) in [6, 6.07) is 9.92. The van der Waals surface area contributed by atoms with Crippen molar-refractivity contribution in [2.24, 2.45) is 0 Å². The van der Waals surface area contributed by atoms with Gasteiger partial charge in [0.15, 0.2) is 0 Å². The lowest BCUT2D eigenvalue weighted by Gasteiger charge is -2.08. The molecule has 0 aliphatic heterocycles. The van der Waals surface area contributed by atoms with Crippen LogP contribution in [0.4, 0.5) is 11.5 Å². The van der Waals surface area contributed by atoms with Crippen LogP contribution in [0.2, 0.25) is 5.02 Å². The second-order valence-electron chi connectivity index (χ2n) is 3.48. The highest BCUT2D eigenvalue weighted by atomic mass is 79.9. The smallest absolute Gasteiger partial charge is 0.144 e. The van der Waals surface area contributed by atoms with Crippen molar-refractivity contribution in [1.29, 1.82) is 0 Å². The summed E-state index contributed by atoms with van der Waals surface area (Å²) in [5, 5.41) is 3.84. The number of aryl methyl sites for hydroxylation is 1. The zero-order valence-corrected chi connectivity index (χ0v) is 11.0. The van der Waals surface area contributed by atoms with Gasteiger partial charge in [0.2, 0.25) is 0 Å². The highest BCUT2D eigenvalue weighted by Crippen LogP contribution is 2.26. The van der Waals surface area contributed by atoms with E-state index in [2.05, 4.69) is 45.3 Å². The van der Waals surface area contributed by atoms with Crippen LogP contribution < -0.4 is 5.32 Å². The van der Waals surface area contributed by atoms with E-state index in [0.717, 1.165) is 16.0 Å². The predicted octanol–water partition coefficient (Wildman–Crippen LogP) is 4.55. The first kappa shape index (κ1) is 11.4. The van der Waals surface area contributed by atoms with E-state index in [9.17, 15) is 0 Å². The van der Waals surface area contributed by atoms with Gasteiger partial charge < -0.3 is 5.32 Å². The van der Waals surface area contributed by atoms with Crippen LogP contribution in [0.15, 0.2) is 41.0 Å². The second kappa shape index (κ2) is 4.85. The van der Waals surface area contributed by atoms with Crippen molar-refractivity contribution in [3.63, 3.8) is 0 Å². The Morgan fingerprint density at radius 2 is 2.12 bits per heavy atom. The molecule has 0 aliphatic rings. The number of aromatic nitrogens is 1. The Hall–Kier alpha value is -1.06. The van der Waals surface area contributed by atoms with E-state index in [-0.39, 0.29) is 0 Å². The number of hydrogen-bond donors (Lipinski definition) is 1. The molecule has 0 atom stereocenters. The Kier molecular flexibility index (Phi) is 3.46. The summed E-state index contributed by atoms with van der Waals surface area (Å²) in [4.78, 5) is 4.21. The molecule has 0 spiro atoms. The van der Waals surface area contributed by atoms with Gasteiger partial charge in [-0.15, -0.1) is 0 Å². The van der Waals surface area contributed by atoms with Crippen molar-refractivity contribution in [2.75, 3.05) is 5.32 Å². The molecule has 4 heteroatoms. The van der Waals surface area contributed by atoms with Crippen LogP contribution in [-0.2, 0) is 0 Å². The zero-order valence-electron chi connectivity index (χ0n) is 8.67. The van der Waals surface area contributed by atoms with Gasteiger partial charge in [-0.05, 0) is 46.6 Å². The largest absolute Gasteiger partial charge is 0.339 e. The Morgan fingerprint density at radius 3 is 2.81 bits per heavy atom. The van der Waals surface area contributed by atoms with Crippen molar-refractivity contribution >= 4 is 39.0 Å². The number of rotatable bonds is 2. The molecule has 2 rings (SSSR count). The normalized spacial score (nSPS) is 10.2. The van der Waals surface area contributed by atoms with Gasteiger partial charge >= 0.3 is 0 Å². The van der Waals surface area contributed by atoms with Gasteiger partial charge in [-0.25, -0.2) is 4.98 Å². The van der Waals surface area contributed by atoms with E-state index in [4.69, 9.17) is 11.6 Å². The molecule has 1 N–H and O–H groups in total. The fourth-order valence-electron chi connectivity index (χ4n) is 1.37. The number of pyridine rings is 1. The van der Waals surface area contributed by atoms with E-state index >= 15 is 0 Å². The standard InChI is InChI=1S/C12H10BrClN2/c1-8-3-2-4-10(5-8)16-12-11(13)6-9(14)7-15-12/h2-7H,1H3,(H,15,16). The van der Waals surface area contributed by atoms with Crippen LogP contribution in [0, 0.1) is 6.92 Å². The number of nitrogens with zero attached hydrogens (tertiary/aromatic N) is 1. The molecule has 1 aromatic carbocycles. The summed E-state index contributed by atoms with van der Waals surface area (Å²) in [5.74, 6) is 0.759. The number of hydrogen-bond acceptors (Lipinski definition) is 2. The van der Waals surface area contributed by atoms with Gasteiger partial charge in [0, 0.05) is 11.9 Å². The first-order valence-electron chi connectivity index (χ1n) is 4.80. The molecule has 0 fully saturated rings. The first-order valence-corrected chi connectivity index (χ1v) is 5.97. The third-order valence-electron chi connectivity index (χ3n) is 2.09. The van der Waals surface area contributed by atoms with Crippen LogP contribution in [0.1, 0.15) is 5.56 Å². The molecule has 1 aromatic heterocycles. The molecule has 0 radical (unpaired) electrons. The average molecular weight is 298 g/mol. The lowest BCUT2D eigenvalue weighted by molar-refractivity contribution is 1.29. The van der Waals surface area contributed by atoms with E-state index < -0.39 is 0 Å². The van der Waals surface area contributed by atoms with E-state index in [1.54, 1.807) is 6.20 Å². The Balaban J connectivity index is 2.27. The van der Waals surface area contributed by atoms with Crippen molar-refractivity contribution in [3.8, 4) is 0 Å². The molecular formula is C12H10BrClN2. The summed E-state index contributed by atoms with van der Waals surface area (Å²) in [5.41, 5.74) is 2.21. The molecule has 0 aliphatic carbocycles. The fraction of sp³-hybridized carbons (Fsp3) is 0.0833. The summed E-state index contributed by atoms with van der Waals surface area (Å²) < 4.78 is 0.849. The van der Waals surface area contributed by atoms with E-state index in [1.165, 1.54) is 5.56 Å². The van der Waals surface area contributed by atoms with Gasteiger partial charge in [-0.1, -0.05) is 23.7 Å². The summed E-state index contributed by atoms with van der Waals surface area (Å²) >= 11 is 9.24. The number of nitrogens with one attached hydrogen (secondary N) is 1. The molecule has 16 heavy (non-hydrogen) atoms. The first-order chi connectivity index (χ1) is 7.65. The number of anilines is 2. The number of halogens is 2. The van der Waals surface area contributed by atoms with Crippen LogP contribution in [0.5, 0.6) is 0 Å². The summed E-state index contributed by atoms with van der Waals surface area (Å²) in [6.07, 6.45) is 1.62. The average Bonchev–Trinajstić information content (AvgIpc) is 2.22. The maximum absolute atomic E-state index is 5.82. The lowest BCUT2D eigenvalue weighted by atomic mass is 10.2. The van der Waals surface area contributed by atoms with Crippen LogP contribution >= 0.6 is 27.5 Å². The predicted molar refractivity (Wildman–Crippen MR) is 71.4 cm³/mol. The highest BCUT2D eigenvalue weighted by Gasteiger charge is 2.02. The van der Waals surface area contributed by atoms with Crippen molar-refractivity contribution in [3.05, 3.63) is 51.6 Å². The van der Waals surface area contributed by atoms with Crippen molar-refractivity contribution < 1.29 is 0 Å². The molecule has 0 saturated heterocycles. The molecule has 1 heterocycles. The minimum atomic E-state index is 0.613. The third kappa shape index (κ3) is 2.74. The molecule has 2 nitrogen and oxygen atoms in total. The molecule has 0 unspecified atom stereocenters. The Labute approximate surface area is 108 Å². The topological polar surface area (TPSA) is 24.9 Å².